The standard InChI is InChI=1S/C13H9N.C2H6/c1-14-13-9-7-12(8-10-13)11-5-3-2-4-6-11;1-2/h2-10H;1-2H3. The third-order valence-corrected chi connectivity index (χ3v) is 2.10. The van der Waals surface area contributed by atoms with Crippen LogP contribution in [0.15, 0.2) is 54.6 Å². The molecule has 0 atom stereocenters. The van der Waals surface area contributed by atoms with Crippen molar-refractivity contribution in [2.24, 2.45) is 0 Å². The lowest BCUT2D eigenvalue weighted by molar-refractivity contribution is 1.50. The van der Waals surface area contributed by atoms with Crippen LogP contribution in [0.1, 0.15) is 13.8 Å². The van der Waals surface area contributed by atoms with Crippen molar-refractivity contribution in [2.75, 3.05) is 0 Å². The van der Waals surface area contributed by atoms with Crippen LogP contribution in [-0.2, 0) is 0 Å². The molecular formula is C15H15N. The Morgan fingerprint density at radius 1 is 0.750 bits per heavy atom. The highest BCUT2D eigenvalue weighted by atomic mass is 14.6. The molecule has 1 heteroatoms. The smallest absolute Gasteiger partial charge is 0.187 e. The zero-order valence-corrected chi connectivity index (χ0v) is 9.64. The fourth-order valence-corrected chi connectivity index (χ4v) is 1.36. The number of nitrogens with zero attached hydrogens (tertiary/aromatic N) is 1. The molecular weight excluding hydrogens is 194 g/mol. The third-order valence-electron chi connectivity index (χ3n) is 2.10. The molecule has 0 heterocycles. The first-order valence-electron chi connectivity index (χ1n) is 5.43. The molecule has 2 aromatic carbocycles. The molecule has 2 rings (SSSR count). The van der Waals surface area contributed by atoms with E-state index in [1.54, 1.807) is 0 Å². The zero-order valence-electron chi connectivity index (χ0n) is 9.64. The maximum Gasteiger partial charge on any atom is 0.187 e. The molecule has 0 aromatic heterocycles. The summed E-state index contributed by atoms with van der Waals surface area (Å²) in [4.78, 5) is 3.36. The molecule has 0 aliphatic rings. The Bertz CT molecular complexity index is 449. The third kappa shape index (κ3) is 2.96. The van der Waals surface area contributed by atoms with Crippen LogP contribution >= 0.6 is 0 Å². The van der Waals surface area contributed by atoms with Gasteiger partial charge >= 0.3 is 0 Å². The minimum Gasteiger partial charge on any atom is -0.238 e. The molecule has 0 fully saturated rings. The van der Waals surface area contributed by atoms with E-state index in [-0.39, 0.29) is 0 Å². The first kappa shape index (κ1) is 12.0. The molecule has 80 valence electrons. The van der Waals surface area contributed by atoms with E-state index in [1.165, 1.54) is 5.56 Å². The van der Waals surface area contributed by atoms with Crippen molar-refractivity contribution in [1.82, 2.24) is 0 Å². The molecule has 0 N–H and O–H groups in total. The Kier molecular flexibility index (Phi) is 4.82. The van der Waals surface area contributed by atoms with Crippen LogP contribution < -0.4 is 0 Å². The van der Waals surface area contributed by atoms with Crippen molar-refractivity contribution in [1.29, 1.82) is 0 Å². The van der Waals surface area contributed by atoms with Crippen LogP contribution in [0.3, 0.4) is 0 Å². The highest BCUT2D eigenvalue weighted by Gasteiger charge is 1.95. The van der Waals surface area contributed by atoms with Gasteiger partial charge in [-0.1, -0.05) is 68.4 Å². The second kappa shape index (κ2) is 6.42. The summed E-state index contributed by atoms with van der Waals surface area (Å²) in [5, 5.41) is 0. The Labute approximate surface area is 97.2 Å². The summed E-state index contributed by atoms with van der Waals surface area (Å²) in [5.41, 5.74) is 3.02. The van der Waals surface area contributed by atoms with Crippen LogP contribution in [-0.4, -0.2) is 0 Å². The van der Waals surface area contributed by atoms with Gasteiger partial charge in [0.05, 0.1) is 6.57 Å². The summed E-state index contributed by atoms with van der Waals surface area (Å²) in [7, 11) is 0. The van der Waals surface area contributed by atoms with Gasteiger partial charge in [-0.3, -0.25) is 0 Å². The molecule has 0 bridgehead atoms. The van der Waals surface area contributed by atoms with Crippen molar-refractivity contribution in [3.8, 4) is 11.1 Å². The molecule has 0 spiro atoms. The molecule has 0 radical (unpaired) electrons. The van der Waals surface area contributed by atoms with Gasteiger partial charge in [0.2, 0.25) is 0 Å². The lowest BCUT2D eigenvalue weighted by atomic mass is 10.1. The monoisotopic (exact) mass is 209 g/mol. The summed E-state index contributed by atoms with van der Waals surface area (Å²) in [6, 6.07) is 17.8. The lowest BCUT2D eigenvalue weighted by Crippen LogP contribution is -1.74. The van der Waals surface area contributed by atoms with Crippen molar-refractivity contribution in [3.63, 3.8) is 0 Å². The van der Waals surface area contributed by atoms with Crippen LogP contribution in [0, 0.1) is 6.57 Å². The summed E-state index contributed by atoms with van der Waals surface area (Å²) < 4.78 is 0. The quantitative estimate of drug-likeness (QED) is 0.586. The predicted octanol–water partition coefficient (Wildman–Crippen LogP) is 4.93. The average molecular weight is 209 g/mol. The first-order valence-corrected chi connectivity index (χ1v) is 5.43. The molecule has 0 aliphatic heterocycles. The fraction of sp³-hybridized carbons (Fsp3) is 0.133. The van der Waals surface area contributed by atoms with E-state index in [2.05, 4.69) is 17.0 Å². The molecule has 1 nitrogen and oxygen atoms in total. The SMILES string of the molecule is CC.[C-]#[N+]c1ccc(-c2ccccc2)cc1. The molecule has 0 amide bonds. The summed E-state index contributed by atoms with van der Waals surface area (Å²) >= 11 is 0. The van der Waals surface area contributed by atoms with Gasteiger partial charge in [0, 0.05) is 0 Å². The second-order valence-corrected chi connectivity index (χ2v) is 3.02. The lowest BCUT2D eigenvalue weighted by Gasteiger charge is -2.00. The summed E-state index contributed by atoms with van der Waals surface area (Å²) in [6.07, 6.45) is 0. The highest BCUT2D eigenvalue weighted by molar-refractivity contribution is 5.65. The first-order chi connectivity index (χ1) is 7.90. The minimum atomic E-state index is 0.685. The van der Waals surface area contributed by atoms with Gasteiger partial charge < -0.3 is 0 Å². The van der Waals surface area contributed by atoms with E-state index < -0.39 is 0 Å². The summed E-state index contributed by atoms with van der Waals surface area (Å²) in [5.74, 6) is 0. The Morgan fingerprint density at radius 2 is 1.25 bits per heavy atom. The highest BCUT2D eigenvalue weighted by Crippen LogP contribution is 2.21. The number of rotatable bonds is 1. The van der Waals surface area contributed by atoms with Crippen molar-refractivity contribution >= 4 is 5.69 Å². The number of hydrogen-bond donors (Lipinski definition) is 0. The van der Waals surface area contributed by atoms with Crippen molar-refractivity contribution in [2.45, 2.75) is 13.8 Å². The van der Waals surface area contributed by atoms with E-state index >= 15 is 0 Å². The van der Waals surface area contributed by atoms with Crippen LogP contribution in [0.2, 0.25) is 0 Å². The Hall–Kier alpha value is -2.07. The average Bonchev–Trinajstić information content (AvgIpc) is 2.42. The maximum atomic E-state index is 6.84. The van der Waals surface area contributed by atoms with Crippen LogP contribution in [0.25, 0.3) is 16.0 Å². The molecule has 0 saturated heterocycles. The van der Waals surface area contributed by atoms with Gasteiger partial charge in [-0.15, -0.1) is 0 Å². The molecule has 2 aromatic rings. The van der Waals surface area contributed by atoms with Gasteiger partial charge in [0.25, 0.3) is 0 Å². The minimum absolute atomic E-state index is 0.685. The number of hydrogen-bond acceptors (Lipinski definition) is 0. The second-order valence-electron chi connectivity index (χ2n) is 3.02. The normalized spacial score (nSPS) is 8.56. The zero-order chi connectivity index (χ0) is 11.8. The fourth-order valence-electron chi connectivity index (χ4n) is 1.36. The molecule has 16 heavy (non-hydrogen) atoms. The molecule has 0 aliphatic carbocycles. The van der Waals surface area contributed by atoms with E-state index in [0.29, 0.717) is 5.69 Å². The van der Waals surface area contributed by atoms with Crippen molar-refractivity contribution in [3.05, 3.63) is 66.0 Å². The van der Waals surface area contributed by atoms with Crippen LogP contribution in [0.4, 0.5) is 5.69 Å². The van der Waals surface area contributed by atoms with Gasteiger partial charge in [-0.05, 0) is 11.1 Å². The molecule has 0 unspecified atom stereocenters. The van der Waals surface area contributed by atoms with E-state index in [1.807, 2.05) is 56.3 Å². The van der Waals surface area contributed by atoms with Crippen molar-refractivity contribution < 1.29 is 0 Å². The Balaban J connectivity index is 0.000000606. The van der Waals surface area contributed by atoms with E-state index in [9.17, 15) is 0 Å². The van der Waals surface area contributed by atoms with E-state index in [0.717, 1.165) is 5.56 Å². The van der Waals surface area contributed by atoms with Crippen LogP contribution in [0.5, 0.6) is 0 Å². The van der Waals surface area contributed by atoms with Gasteiger partial charge in [-0.2, -0.15) is 0 Å². The van der Waals surface area contributed by atoms with E-state index in [4.69, 9.17) is 6.57 Å². The maximum absolute atomic E-state index is 6.84. The Morgan fingerprint density at radius 3 is 1.75 bits per heavy atom. The molecule has 0 saturated carbocycles. The van der Waals surface area contributed by atoms with Gasteiger partial charge in [-0.25, -0.2) is 4.85 Å². The number of benzene rings is 2. The van der Waals surface area contributed by atoms with Gasteiger partial charge in [0.15, 0.2) is 5.69 Å². The topological polar surface area (TPSA) is 4.36 Å². The largest absolute Gasteiger partial charge is 0.238 e. The van der Waals surface area contributed by atoms with Gasteiger partial charge in [0.1, 0.15) is 0 Å². The summed E-state index contributed by atoms with van der Waals surface area (Å²) in [6.45, 7) is 10.8. The predicted molar refractivity (Wildman–Crippen MR) is 69.5 cm³/mol.